The number of nitrogens with zero attached hydrogens (tertiary/aromatic N) is 3. The predicted octanol–water partition coefficient (Wildman–Crippen LogP) is 14.5. The van der Waals surface area contributed by atoms with Crippen LogP contribution in [0.5, 0.6) is 0 Å². The van der Waals surface area contributed by atoms with Crippen LogP contribution in [0.1, 0.15) is 0 Å². The van der Waals surface area contributed by atoms with E-state index in [2.05, 4.69) is 204 Å². The van der Waals surface area contributed by atoms with E-state index in [0.29, 0.717) is 0 Å². The van der Waals surface area contributed by atoms with E-state index in [9.17, 15) is 0 Å². The Bertz CT molecular complexity index is 3170. The lowest BCUT2D eigenvalue weighted by atomic mass is 9.99. The summed E-state index contributed by atoms with van der Waals surface area (Å²) in [4.78, 5) is 7.73. The summed E-state index contributed by atoms with van der Waals surface area (Å²) in [5, 5.41) is 4.45. The monoisotopic (exact) mass is 729 g/mol. The third-order valence-electron chi connectivity index (χ3n) is 11.0. The average molecular weight is 730 g/mol. The Morgan fingerprint density at radius 3 is 1.74 bits per heavy atom. The van der Waals surface area contributed by atoms with E-state index in [1.54, 1.807) is 0 Å². The summed E-state index contributed by atoms with van der Waals surface area (Å²) in [6.07, 6.45) is 0. The van der Waals surface area contributed by atoms with Gasteiger partial charge in [-0.15, -0.1) is 0 Å². The molecule has 0 saturated carbocycles. The second kappa shape index (κ2) is 13.6. The third-order valence-corrected chi connectivity index (χ3v) is 11.0. The van der Waals surface area contributed by atoms with Gasteiger partial charge in [-0.25, -0.2) is 4.98 Å². The highest BCUT2D eigenvalue weighted by Crippen LogP contribution is 2.48. The Labute approximate surface area is 330 Å². The SMILES string of the molecule is c1ccc(-c2cc(-c3ccccc3)nc(-c3ccc4c(c3)c3c(N(c5ccccc5)c5cccc6oc7ccccc7c56)cccc3n4-c3ccccc3)c2)cc1. The minimum Gasteiger partial charge on any atom is -0.456 e. The van der Waals surface area contributed by atoms with Crippen molar-refractivity contribution in [3.8, 4) is 39.3 Å². The van der Waals surface area contributed by atoms with Gasteiger partial charge in [-0.05, 0) is 90.0 Å². The van der Waals surface area contributed by atoms with Crippen molar-refractivity contribution in [1.29, 1.82) is 0 Å². The summed E-state index contributed by atoms with van der Waals surface area (Å²) in [5.74, 6) is 0. The van der Waals surface area contributed by atoms with Gasteiger partial charge in [0.1, 0.15) is 11.2 Å². The fourth-order valence-electron chi connectivity index (χ4n) is 8.41. The van der Waals surface area contributed by atoms with E-state index >= 15 is 0 Å². The van der Waals surface area contributed by atoms with E-state index in [-0.39, 0.29) is 0 Å². The zero-order chi connectivity index (χ0) is 37.7. The van der Waals surface area contributed by atoms with Crippen molar-refractivity contribution >= 4 is 60.8 Å². The first-order chi connectivity index (χ1) is 28.3. The summed E-state index contributed by atoms with van der Waals surface area (Å²) >= 11 is 0. The van der Waals surface area contributed by atoms with Crippen molar-refractivity contribution in [3.63, 3.8) is 0 Å². The first-order valence-electron chi connectivity index (χ1n) is 19.3. The van der Waals surface area contributed by atoms with Crippen LogP contribution in [0.25, 0.3) is 83.1 Å². The van der Waals surface area contributed by atoms with E-state index < -0.39 is 0 Å². The minimum atomic E-state index is 0.856. The maximum atomic E-state index is 6.44. The lowest BCUT2D eigenvalue weighted by Gasteiger charge is -2.27. The zero-order valence-electron chi connectivity index (χ0n) is 31.0. The van der Waals surface area contributed by atoms with Crippen LogP contribution >= 0.6 is 0 Å². The van der Waals surface area contributed by atoms with Crippen LogP contribution < -0.4 is 4.90 Å². The minimum absolute atomic E-state index is 0.856. The van der Waals surface area contributed by atoms with Gasteiger partial charge >= 0.3 is 0 Å². The quantitative estimate of drug-likeness (QED) is 0.164. The summed E-state index contributed by atoms with van der Waals surface area (Å²) in [6, 6.07) is 75.0. The highest BCUT2D eigenvalue weighted by molar-refractivity contribution is 6.20. The molecule has 4 heteroatoms. The summed E-state index contributed by atoms with van der Waals surface area (Å²) < 4.78 is 8.83. The number of hydrogen-bond donors (Lipinski definition) is 0. The van der Waals surface area contributed by atoms with E-state index in [0.717, 1.165) is 100 Å². The van der Waals surface area contributed by atoms with E-state index in [1.807, 2.05) is 18.2 Å². The molecule has 0 amide bonds. The largest absolute Gasteiger partial charge is 0.456 e. The molecule has 4 nitrogen and oxygen atoms in total. The number of pyridine rings is 1. The molecule has 57 heavy (non-hydrogen) atoms. The van der Waals surface area contributed by atoms with Crippen molar-refractivity contribution in [2.24, 2.45) is 0 Å². The van der Waals surface area contributed by atoms with Crippen LogP contribution in [0.15, 0.2) is 217 Å². The topological polar surface area (TPSA) is 34.2 Å². The summed E-state index contributed by atoms with van der Waals surface area (Å²) in [5.41, 5.74) is 14.5. The van der Waals surface area contributed by atoms with Gasteiger partial charge in [-0.1, -0.05) is 133 Å². The molecule has 0 spiro atoms. The summed E-state index contributed by atoms with van der Waals surface area (Å²) in [7, 11) is 0. The first-order valence-corrected chi connectivity index (χ1v) is 19.3. The number of furan rings is 1. The molecule has 8 aromatic carbocycles. The smallest absolute Gasteiger partial charge is 0.137 e. The molecule has 0 bridgehead atoms. The Balaban J connectivity index is 1.22. The van der Waals surface area contributed by atoms with Gasteiger partial charge in [0.05, 0.1) is 39.2 Å². The number of hydrogen-bond acceptors (Lipinski definition) is 3. The van der Waals surface area contributed by atoms with Crippen LogP contribution in [-0.2, 0) is 0 Å². The molecule has 11 rings (SSSR count). The lowest BCUT2D eigenvalue weighted by molar-refractivity contribution is 0.669. The second-order valence-corrected chi connectivity index (χ2v) is 14.4. The molecule has 0 saturated heterocycles. The van der Waals surface area contributed by atoms with Crippen LogP contribution in [0, 0.1) is 0 Å². The van der Waals surface area contributed by atoms with Gasteiger partial charge in [0.25, 0.3) is 0 Å². The number of anilines is 3. The fraction of sp³-hybridized carbons (Fsp3) is 0. The molecular formula is C53H35N3O. The normalized spacial score (nSPS) is 11.5. The molecule has 0 unspecified atom stereocenters. The molecule has 3 aromatic heterocycles. The Kier molecular flexibility index (Phi) is 7.78. The van der Waals surface area contributed by atoms with Crippen molar-refractivity contribution < 1.29 is 4.42 Å². The molecule has 0 atom stereocenters. The molecule has 268 valence electrons. The number of benzene rings is 8. The molecule has 0 aliphatic carbocycles. The van der Waals surface area contributed by atoms with Crippen LogP contribution in [0.2, 0.25) is 0 Å². The molecular weight excluding hydrogens is 695 g/mol. The first kappa shape index (κ1) is 32.7. The van der Waals surface area contributed by atoms with Gasteiger partial charge in [0.15, 0.2) is 0 Å². The Morgan fingerprint density at radius 2 is 0.982 bits per heavy atom. The zero-order valence-corrected chi connectivity index (χ0v) is 31.0. The average Bonchev–Trinajstić information content (AvgIpc) is 3.84. The molecule has 0 N–H and O–H groups in total. The van der Waals surface area contributed by atoms with Gasteiger partial charge in [0, 0.05) is 38.7 Å². The molecule has 0 aliphatic heterocycles. The highest BCUT2D eigenvalue weighted by Gasteiger charge is 2.24. The van der Waals surface area contributed by atoms with Crippen LogP contribution in [0.4, 0.5) is 17.1 Å². The maximum absolute atomic E-state index is 6.44. The molecule has 3 heterocycles. The Morgan fingerprint density at radius 1 is 0.386 bits per heavy atom. The van der Waals surface area contributed by atoms with E-state index in [4.69, 9.17) is 9.40 Å². The predicted molar refractivity (Wildman–Crippen MR) is 237 cm³/mol. The second-order valence-electron chi connectivity index (χ2n) is 14.4. The molecule has 11 aromatic rings. The number of rotatable bonds is 7. The Hall–Kier alpha value is -7.69. The van der Waals surface area contributed by atoms with E-state index in [1.165, 1.54) is 0 Å². The van der Waals surface area contributed by atoms with Crippen LogP contribution in [0.3, 0.4) is 0 Å². The fourth-order valence-corrected chi connectivity index (χ4v) is 8.41. The van der Waals surface area contributed by atoms with Crippen LogP contribution in [-0.4, -0.2) is 9.55 Å². The van der Waals surface area contributed by atoms with Gasteiger partial charge in [-0.3, -0.25) is 0 Å². The maximum Gasteiger partial charge on any atom is 0.137 e. The molecule has 0 aliphatic rings. The lowest BCUT2D eigenvalue weighted by Crippen LogP contribution is -2.10. The van der Waals surface area contributed by atoms with Gasteiger partial charge < -0.3 is 13.9 Å². The summed E-state index contributed by atoms with van der Waals surface area (Å²) in [6.45, 7) is 0. The van der Waals surface area contributed by atoms with Gasteiger partial charge in [-0.2, -0.15) is 0 Å². The van der Waals surface area contributed by atoms with Crippen molar-refractivity contribution in [2.75, 3.05) is 4.90 Å². The van der Waals surface area contributed by atoms with Crippen molar-refractivity contribution in [2.45, 2.75) is 0 Å². The molecule has 0 fully saturated rings. The highest BCUT2D eigenvalue weighted by atomic mass is 16.3. The number of para-hydroxylation sites is 3. The molecule has 0 radical (unpaired) electrons. The van der Waals surface area contributed by atoms with Crippen molar-refractivity contribution in [3.05, 3.63) is 212 Å². The van der Waals surface area contributed by atoms with Gasteiger partial charge in [0.2, 0.25) is 0 Å². The van der Waals surface area contributed by atoms with Crippen molar-refractivity contribution in [1.82, 2.24) is 9.55 Å². The standard InChI is InChI=1S/C53H35N3O/c1-5-17-36(18-6-1)39-34-44(37-19-7-2-8-20-37)54-45(35-39)38-31-32-46-43(33-38)52-47(55(46)40-21-9-3-10-22-40)26-15-27-48(52)56(41-23-11-4-12-24-41)49-28-16-30-51-53(49)42-25-13-14-29-50(42)57-51/h1-35H. The number of aromatic nitrogens is 2. The number of fused-ring (bicyclic) bond motifs is 6. The third kappa shape index (κ3) is 5.58.